The Kier molecular flexibility index (Phi) is 4.97. The molecule has 17 heavy (non-hydrogen) atoms. The number of amides is 1. The van der Waals surface area contributed by atoms with Crippen LogP contribution in [-0.2, 0) is 0 Å². The number of benzene rings is 1. The Morgan fingerprint density at radius 1 is 1.53 bits per heavy atom. The number of hydrogen-bond donors (Lipinski definition) is 3. The number of rotatable bonds is 5. The molecule has 0 aromatic heterocycles. The molecular weight excluding hydrogens is 216 g/mol. The molecule has 0 saturated heterocycles. The summed E-state index contributed by atoms with van der Waals surface area (Å²) in [5, 5.41) is 11.8. The largest absolute Gasteiger partial charge is 0.398 e. The van der Waals surface area contributed by atoms with Gasteiger partial charge in [-0.25, -0.2) is 0 Å². The molecule has 0 aliphatic rings. The maximum Gasteiger partial charge on any atom is 0.251 e. The maximum absolute atomic E-state index is 12.0. The van der Waals surface area contributed by atoms with Gasteiger partial charge in [-0.3, -0.25) is 4.79 Å². The van der Waals surface area contributed by atoms with Crippen molar-refractivity contribution in [3.8, 4) is 0 Å². The molecule has 1 aromatic carbocycles. The van der Waals surface area contributed by atoms with Gasteiger partial charge in [0.25, 0.3) is 5.91 Å². The Balaban J connectivity index is 2.79. The van der Waals surface area contributed by atoms with Crippen LogP contribution in [0.15, 0.2) is 18.2 Å². The topological polar surface area (TPSA) is 75.3 Å². The van der Waals surface area contributed by atoms with Crippen LogP contribution in [0, 0.1) is 6.92 Å². The van der Waals surface area contributed by atoms with Gasteiger partial charge in [-0.15, -0.1) is 0 Å². The third kappa shape index (κ3) is 3.46. The molecule has 1 unspecified atom stereocenters. The maximum atomic E-state index is 12.0. The van der Waals surface area contributed by atoms with E-state index in [1.54, 1.807) is 18.2 Å². The lowest BCUT2D eigenvalue weighted by molar-refractivity contribution is 0.0928. The molecule has 1 atom stereocenters. The molecule has 1 rings (SSSR count). The molecule has 0 fully saturated rings. The van der Waals surface area contributed by atoms with E-state index < -0.39 is 0 Å². The molecule has 94 valence electrons. The van der Waals surface area contributed by atoms with Gasteiger partial charge in [-0.1, -0.05) is 13.0 Å². The van der Waals surface area contributed by atoms with E-state index in [9.17, 15) is 4.79 Å². The van der Waals surface area contributed by atoms with Crippen molar-refractivity contribution in [1.82, 2.24) is 5.32 Å². The van der Waals surface area contributed by atoms with Crippen LogP contribution >= 0.6 is 0 Å². The summed E-state index contributed by atoms with van der Waals surface area (Å²) in [5.74, 6) is -0.130. The zero-order chi connectivity index (χ0) is 12.8. The zero-order valence-corrected chi connectivity index (χ0v) is 10.4. The fraction of sp³-hybridized carbons (Fsp3) is 0.462. The Morgan fingerprint density at radius 3 is 2.82 bits per heavy atom. The standard InChI is InChI=1S/C13H20N2O2/c1-3-10(7-8-16)15-13(17)11-5-4-6-12(14)9(11)2/h4-6,10,16H,3,7-8,14H2,1-2H3,(H,15,17). The molecule has 1 amide bonds. The van der Waals surface area contributed by atoms with Crippen molar-refractivity contribution in [3.05, 3.63) is 29.3 Å². The number of nitrogens with two attached hydrogens (primary N) is 1. The number of carbonyl (C=O) groups is 1. The highest BCUT2D eigenvalue weighted by molar-refractivity contribution is 5.97. The smallest absolute Gasteiger partial charge is 0.251 e. The van der Waals surface area contributed by atoms with Gasteiger partial charge < -0.3 is 16.2 Å². The monoisotopic (exact) mass is 236 g/mol. The van der Waals surface area contributed by atoms with Crippen molar-refractivity contribution >= 4 is 11.6 Å². The molecule has 0 heterocycles. The number of aliphatic hydroxyl groups is 1. The SMILES string of the molecule is CCC(CCO)NC(=O)c1cccc(N)c1C. The lowest BCUT2D eigenvalue weighted by Crippen LogP contribution is -2.35. The highest BCUT2D eigenvalue weighted by Gasteiger charge is 2.14. The van der Waals surface area contributed by atoms with Crippen molar-refractivity contribution in [3.63, 3.8) is 0 Å². The van der Waals surface area contributed by atoms with Crippen molar-refractivity contribution in [2.24, 2.45) is 0 Å². The summed E-state index contributed by atoms with van der Waals surface area (Å²) in [7, 11) is 0. The molecular formula is C13H20N2O2. The lowest BCUT2D eigenvalue weighted by atomic mass is 10.1. The van der Waals surface area contributed by atoms with E-state index in [2.05, 4.69) is 5.32 Å². The third-order valence-corrected chi connectivity index (χ3v) is 2.93. The summed E-state index contributed by atoms with van der Waals surface area (Å²) in [4.78, 5) is 12.0. The van der Waals surface area contributed by atoms with Crippen LogP contribution in [0.4, 0.5) is 5.69 Å². The molecule has 4 N–H and O–H groups in total. The Bertz CT molecular complexity index is 391. The number of nitrogens with one attached hydrogen (secondary N) is 1. The first-order chi connectivity index (χ1) is 8.10. The molecule has 0 saturated carbocycles. The minimum absolute atomic E-state index is 0.00771. The van der Waals surface area contributed by atoms with Crippen LogP contribution in [0.1, 0.15) is 35.7 Å². The summed E-state index contributed by atoms with van der Waals surface area (Å²) in [6.07, 6.45) is 1.37. The molecule has 0 aliphatic heterocycles. The number of aliphatic hydroxyl groups excluding tert-OH is 1. The highest BCUT2D eigenvalue weighted by Crippen LogP contribution is 2.15. The Hall–Kier alpha value is -1.55. The minimum Gasteiger partial charge on any atom is -0.398 e. The van der Waals surface area contributed by atoms with Gasteiger partial charge in [0, 0.05) is 23.9 Å². The Labute approximate surface area is 102 Å². The fourth-order valence-corrected chi connectivity index (χ4v) is 1.70. The Morgan fingerprint density at radius 2 is 2.24 bits per heavy atom. The highest BCUT2D eigenvalue weighted by atomic mass is 16.3. The first-order valence-corrected chi connectivity index (χ1v) is 5.87. The lowest BCUT2D eigenvalue weighted by Gasteiger charge is -2.17. The second-order valence-corrected chi connectivity index (χ2v) is 4.11. The zero-order valence-electron chi connectivity index (χ0n) is 10.4. The van der Waals surface area contributed by atoms with Crippen LogP contribution in [0.25, 0.3) is 0 Å². The van der Waals surface area contributed by atoms with Crippen LogP contribution in [0.3, 0.4) is 0 Å². The van der Waals surface area contributed by atoms with Crippen molar-refractivity contribution < 1.29 is 9.90 Å². The molecule has 0 aliphatic carbocycles. The van der Waals surface area contributed by atoms with Gasteiger partial charge in [-0.05, 0) is 37.5 Å². The number of anilines is 1. The summed E-state index contributed by atoms with van der Waals surface area (Å²) < 4.78 is 0. The van der Waals surface area contributed by atoms with E-state index in [4.69, 9.17) is 10.8 Å². The predicted octanol–water partition coefficient (Wildman–Crippen LogP) is 1.47. The number of nitrogen functional groups attached to an aromatic ring is 1. The van der Waals surface area contributed by atoms with Crippen LogP contribution in [0.2, 0.25) is 0 Å². The van der Waals surface area contributed by atoms with Gasteiger partial charge in [0.05, 0.1) is 0 Å². The van der Waals surface area contributed by atoms with Crippen LogP contribution in [0.5, 0.6) is 0 Å². The van der Waals surface area contributed by atoms with E-state index in [0.717, 1.165) is 12.0 Å². The van der Waals surface area contributed by atoms with Crippen LogP contribution in [-0.4, -0.2) is 23.7 Å². The van der Waals surface area contributed by atoms with Crippen LogP contribution < -0.4 is 11.1 Å². The molecule has 4 heteroatoms. The summed E-state index contributed by atoms with van der Waals surface area (Å²) in [5.41, 5.74) is 7.77. The summed E-state index contributed by atoms with van der Waals surface area (Å²) >= 11 is 0. The van der Waals surface area contributed by atoms with Gasteiger partial charge in [-0.2, -0.15) is 0 Å². The average molecular weight is 236 g/mol. The molecule has 0 bridgehead atoms. The van der Waals surface area contributed by atoms with Gasteiger partial charge in [0.1, 0.15) is 0 Å². The van der Waals surface area contributed by atoms with Crippen molar-refractivity contribution in [1.29, 1.82) is 0 Å². The third-order valence-electron chi connectivity index (χ3n) is 2.93. The number of hydrogen-bond acceptors (Lipinski definition) is 3. The number of carbonyl (C=O) groups excluding carboxylic acids is 1. The van der Waals surface area contributed by atoms with Crippen molar-refractivity contribution in [2.45, 2.75) is 32.7 Å². The summed E-state index contributed by atoms with van der Waals surface area (Å²) in [6.45, 7) is 3.89. The van der Waals surface area contributed by atoms with Gasteiger partial charge in [0.15, 0.2) is 0 Å². The van der Waals surface area contributed by atoms with E-state index in [1.165, 1.54) is 0 Å². The van der Waals surface area contributed by atoms with Gasteiger partial charge >= 0.3 is 0 Å². The second-order valence-electron chi connectivity index (χ2n) is 4.11. The summed E-state index contributed by atoms with van der Waals surface area (Å²) in [6, 6.07) is 5.31. The normalized spacial score (nSPS) is 12.2. The molecule has 4 nitrogen and oxygen atoms in total. The van der Waals surface area contributed by atoms with Gasteiger partial charge in [0.2, 0.25) is 0 Å². The molecule has 0 radical (unpaired) electrons. The quantitative estimate of drug-likeness (QED) is 0.678. The first kappa shape index (κ1) is 13.5. The molecule has 0 spiro atoms. The second kappa shape index (κ2) is 6.25. The average Bonchev–Trinajstić information content (AvgIpc) is 2.31. The van der Waals surface area contributed by atoms with E-state index in [-0.39, 0.29) is 18.6 Å². The molecule has 1 aromatic rings. The fourth-order valence-electron chi connectivity index (χ4n) is 1.70. The van der Waals surface area contributed by atoms with Crippen molar-refractivity contribution in [2.75, 3.05) is 12.3 Å². The first-order valence-electron chi connectivity index (χ1n) is 5.87. The predicted molar refractivity (Wildman–Crippen MR) is 68.8 cm³/mol. The van der Waals surface area contributed by atoms with E-state index >= 15 is 0 Å². The minimum atomic E-state index is -0.130. The van der Waals surface area contributed by atoms with E-state index in [1.807, 2.05) is 13.8 Å². The van der Waals surface area contributed by atoms with E-state index in [0.29, 0.717) is 17.7 Å².